The zero-order valence-electron chi connectivity index (χ0n) is 15.5. The summed E-state index contributed by atoms with van der Waals surface area (Å²) in [6, 6.07) is 4.30. The van der Waals surface area contributed by atoms with Gasteiger partial charge in [-0.2, -0.15) is 0 Å². The number of thiophene rings is 2. The van der Waals surface area contributed by atoms with Crippen molar-refractivity contribution in [3.8, 4) is 0 Å². The number of hydrogen-bond donors (Lipinski definition) is 0. The molecule has 1 saturated carbocycles. The number of rotatable bonds is 8. The summed E-state index contributed by atoms with van der Waals surface area (Å²) in [6.07, 6.45) is 12.2. The Kier molecular flexibility index (Phi) is 6.94. The molecule has 25 heavy (non-hydrogen) atoms. The molecular weight excluding hydrogens is 348 g/mol. The number of esters is 1. The number of aryl methyl sites for hydroxylation is 1. The van der Waals surface area contributed by atoms with Gasteiger partial charge in [0, 0.05) is 10.3 Å². The van der Waals surface area contributed by atoms with E-state index in [1.165, 1.54) is 65.6 Å². The molecule has 0 N–H and O–H groups in total. The summed E-state index contributed by atoms with van der Waals surface area (Å²) in [7, 11) is 0. The first kappa shape index (κ1) is 18.9. The predicted molar refractivity (Wildman–Crippen MR) is 109 cm³/mol. The Hall–Kier alpha value is -0.870. The quantitative estimate of drug-likeness (QED) is 0.358. The summed E-state index contributed by atoms with van der Waals surface area (Å²) < 4.78 is 7.06. The second-order valence-corrected chi connectivity index (χ2v) is 9.81. The Morgan fingerprint density at radius 1 is 1.08 bits per heavy atom. The molecule has 0 atom stereocenters. The van der Waals surface area contributed by atoms with Gasteiger partial charge < -0.3 is 4.74 Å². The monoisotopic (exact) mass is 378 g/mol. The molecular formula is C21H30O2S2. The lowest BCUT2D eigenvalue weighted by Crippen LogP contribution is -2.24. The first-order chi connectivity index (χ1) is 12.2. The van der Waals surface area contributed by atoms with Gasteiger partial charge in [0.1, 0.15) is 11.0 Å². The Balaban J connectivity index is 1.53. The average molecular weight is 379 g/mol. The Morgan fingerprint density at radius 2 is 1.88 bits per heavy atom. The number of carbonyl (C=O) groups excluding carboxylic acids is 1. The Bertz CT molecular complexity index is 646. The van der Waals surface area contributed by atoms with Gasteiger partial charge in [0.15, 0.2) is 0 Å². The number of fused-ring (bicyclic) bond motifs is 1. The highest BCUT2D eigenvalue weighted by Crippen LogP contribution is 2.35. The number of carbonyl (C=O) groups is 1. The largest absolute Gasteiger partial charge is 0.458 e. The lowest BCUT2D eigenvalue weighted by Gasteiger charge is -2.27. The van der Waals surface area contributed by atoms with Gasteiger partial charge in [-0.05, 0) is 56.6 Å². The molecule has 2 aromatic rings. The summed E-state index contributed by atoms with van der Waals surface area (Å²) in [6.45, 7) is 4.49. The molecule has 3 rings (SSSR count). The molecule has 0 amide bonds. The lowest BCUT2D eigenvalue weighted by molar-refractivity contribution is 0.0167. The molecule has 0 unspecified atom stereocenters. The van der Waals surface area contributed by atoms with E-state index in [1.807, 2.05) is 17.4 Å². The van der Waals surface area contributed by atoms with Crippen LogP contribution in [0.1, 0.15) is 86.2 Å². The maximum Gasteiger partial charge on any atom is 0.348 e. The van der Waals surface area contributed by atoms with E-state index in [0.29, 0.717) is 0 Å². The van der Waals surface area contributed by atoms with Crippen LogP contribution in [0, 0.1) is 5.92 Å². The topological polar surface area (TPSA) is 26.3 Å². The Labute approximate surface area is 159 Å². The van der Waals surface area contributed by atoms with E-state index >= 15 is 0 Å². The summed E-state index contributed by atoms with van der Waals surface area (Å²) in [5.41, 5.74) is 0. The van der Waals surface area contributed by atoms with Crippen LogP contribution in [-0.2, 0) is 11.2 Å². The van der Waals surface area contributed by atoms with Crippen LogP contribution in [0.25, 0.3) is 9.40 Å². The van der Waals surface area contributed by atoms with Crippen molar-refractivity contribution in [1.82, 2.24) is 0 Å². The van der Waals surface area contributed by atoms with Crippen molar-refractivity contribution in [2.24, 2.45) is 5.92 Å². The fourth-order valence-corrected chi connectivity index (χ4v) is 6.24. The van der Waals surface area contributed by atoms with E-state index in [0.717, 1.165) is 23.6 Å². The number of unbranched alkanes of at least 4 members (excludes halogenated alkanes) is 2. The zero-order chi connectivity index (χ0) is 17.6. The van der Waals surface area contributed by atoms with Crippen LogP contribution in [0.15, 0.2) is 12.1 Å². The minimum atomic E-state index is -0.111. The van der Waals surface area contributed by atoms with E-state index in [2.05, 4.69) is 19.9 Å². The third-order valence-electron chi connectivity index (χ3n) is 5.26. The zero-order valence-corrected chi connectivity index (χ0v) is 17.1. The van der Waals surface area contributed by atoms with Gasteiger partial charge in [0.25, 0.3) is 0 Å². The first-order valence-corrected chi connectivity index (χ1v) is 11.6. The molecule has 1 aliphatic carbocycles. The van der Waals surface area contributed by atoms with Crippen molar-refractivity contribution < 1.29 is 9.53 Å². The van der Waals surface area contributed by atoms with Gasteiger partial charge in [-0.3, -0.25) is 0 Å². The molecule has 0 radical (unpaired) electrons. The van der Waals surface area contributed by atoms with E-state index in [1.54, 1.807) is 11.3 Å². The first-order valence-electron chi connectivity index (χ1n) is 9.92. The summed E-state index contributed by atoms with van der Waals surface area (Å²) in [5, 5.41) is 1.22. The lowest BCUT2D eigenvalue weighted by atomic mass is 9.85. The minimum Gasteiger partial charge on any atom is -0.458 e. The standard InChI is InChI=1S/C21H30O2S2/c1-3-5-6-8-18-13-16-14-19(25-21(16)24-18)20(22)23-17-11-9-15(7-4-2)10-12-17/h13-15,17H,3-12H2,1-2H3/t15-,17-. The van der Waals surface area contributed by atoms with Crippen LogP contribution < -0.4 is 0 Å². The van der Waals surface area contributed by atoms with Gasteiger partial charge >= 0.3 is 5.97 Å². The third-order valence-corrected chi connectivity index (χ3v) is 7.69. The molecule has 1 fully saturated rings. The van der Waals surface area contributed by atoms with Crippen LogP contribution in [0.5, 0.6) is 0 Å². The van der Waals surface area contributed by atoms with Crippen LogP contribution in [0.2, 0.25) is 0 Å². The molecule has 2 heterocycles. The number of hydrogen-bond acceptors (Lipinski definition) is 4. The summed E-state index contributed by atoms with van der Waals surface area (Å²) >= 11 is 3.46. The second-order valence-electron chi connectivity index (χ2n) is 7.36. The van der Waals surface area contributed by atoms with Crippen molar-refractivity contribution in [1.29, 1.82) is 0 Å². The van der Waals surface area contributed by atoms with Crippen LogP contribution in [0.3, 0.4) is 0 Å². The van der Waals surface area contributed by atoms with E-state index < -0.39 is 0 Å². The maximum atomic E-state index is 12.5. The minimum absolute atomic E-state index is 0.111. The fourth-order valence-electron chi connectivity index (χ4n) is 3.82. The molecule has 0 aliphatic heterocycles. The average Bonchev–Trinajstić information content (AvgIpc) is 3.16. The normalized spacial score (nSPS) is 20.9. The van der Waals surface area contributed by atoms with Gasteiger partial charge in [-0.25, -0.2) is 4.79 Å². The van der Waals surface area contributed by atoms with E-state index in [-0.39, 0.29) is 12.1 Å². The van der Waals surface area contributed by atoms with Crippen molar-refractivity contribution in [3.05, 3.63) is 21.9 Å². The van der Waals surface area contributed by atoms with Crippen molar-refractivity contribution in [2.45, 2.75) is 84.2 Å². The molecule has 2 aromatic heterocycles. The second kappa shape index (κ2) is 9.18. The number of ether oxygens (including phenoxy) is 1. The fraction of sp³-hybridized carbons (Fsp3) is 0.667. The van der Waals surface area contributed by atoms with E-state index in [4.69, 9.17) is 4.74 Å². The molecule has 138 valence electrons. The predicted octanol–water partition coefficient (Wildman–Crippen LogP) is 7.21. The highest BCUT2D eigenvalue weighted by Gasteiger charge is 2.24. The molecule has 0 saturated heterocycles. The van der Waals surface area contributed by atoms with E-state index in [9.17, 15) is 4.79 Å². The molecule has 1 aliphatic rings. The SMILES string of the molecule is CCCCCc1cc2cc(C(=O)O[C@H]3CC[C@H](CCC)CC3)sc2s1. The molecule has 0 aromatic carbocycles. The van der Waals surface area contributed by atoms with Gasteiger partial charge in [-0.1, -0.05) is 39.5 Å². The van der Waals surface area contributed by atoms with Crippen LogP contribution in [0.4, 0.5) is 0 Å². The molecule has 0 bridgehead atoms. The molecule has 4 heteroatoms. The van der Waals surface area contributed by atoms with Crippen LogP contribution >= 0.6 is 22.7 Å². The summed E-state index contributed by atoms with van der Waals surface area (Å²) in [5.74, 6) is 0.734. The Morgan fingerprint density at radius 3 is 2.56 bits per heavy atom. The van der Waals surface area contributed by atoms with Gasteiger partial charge in [0.2, 0.25) is 0 Å². The van der Waals surface area contributed by atoms with Gasteiger partial charge in [-0.15, -0.1) is 22.7 Å². The highest BCUT2D eigenvalue weighted by molar-refractivity contribution is 7.39. The maximum absolute atomic E-state index is 12.5. The molecule has 2 nitrogen and oxygen atoms in total. The summed E-state index contributed by atoms with van der Waals surface area (Å²) in [4.78, 5) is 14.7. The third kappa shape index (κ3) is 5.07. The van der Waals surface area contributed by atoms with Crippen LogP contribution in [-0.4, -0.2) is 12.1 Å². The smallest absolute Gasteiger partial charge is 0.348 e. The highest BCUT2D eigenvalue weighted by atomic mass is 32.2. The molecule has 0 spiro atoms. The van der Waals surface area contributed by atoms with Gasteiger partial charge in [0.05, 0.1) is 4.01 Å². The van der Waals surface area contributed by atoms with Crippen molar-refractivity contribution >= 4 is 38.0 Å². The van der Waals surface area contributed by atoms with Crippen molar-refractivity contribution in [2.75, 3.05) is 0 Å². The van der Waals surface area contributed by atoms with Crippen molar-refractivity contribution in [3.63, 3.8) is 0 Å².